The van der Waals surface area contributed by atoms with Crippen molar-refractivity contribution in [2.45, 2.75) is 6.42 Å². The fourth-order valence-corrected chi connectivity index (χ4v) is 3.32. The van der Waals surface area contributed by atoms with E-state index in [1.165, 1.54) is 5.69 Å². The van der Waals surface area contributed by atoms with Gasteiger partial charge in [0, 0.05) is 44.1 Å². The molecule has 2 amide bonds. The molecule has 7 nitrogen and oxygen atoms in total. The summed E-state index contributed by atoms with van der Waals surface area (Å²) in [5.41, 5.74) is 1.82. The number of amides is 2. The molecule has 0 spiro atoms. The molecule has 0 radical (unpaired) electrons. The summed E-state index contributed by atoms with van der Waals surface area (Å²) in [6.45, 7) is 5.29. The van der Waals surface area contributed by atoms with Crippen molar-refractivity contribution in [3.8, 4) is 5.75 Å². The summed E-state index contributed by atoms with van der Waals surface area (Å²) < 4.78 is 5.21. The van der Waals surface area contributed by atoms with Gasteiger partial charge in [-0.05, 0) is 49.4 Å². The number of hydrogen-bond acceptors (Lipinski definition) is 5. The third-order valence-corrected chi connectivity index (χ3v) is 4.98. The minimum Gasteiger partial charge on any atom is -0.497 e. The van der Waals surface area contributed by atoms with Crippen LogP contribution in [0.3, 0.4) is 0 Å². The van der Waals surface area contributed by atoms with Crippen LogP contribution in [0.5, 0.6) is 5.75 Å². The molecule has 0 bridgehead atoms. The maximum Gasteiger partial charge on any atom is 0.313 e. The number of anilines is 2. The Morgan fingerprint density at radius 1 is 0.931 bits per heavy atom. The fraction of sp³-hybridized carbons (Fsp3) is 0.364. The molecule has 3 rings (SSSR count). The number of benzene rings is 2. The zero-order valence-corrected chi connectivity index (χ0v) is 16.8. The molecule has 7 heteroatoms. The van der Waals surface area contributed by atoms with Crippen LogP contribution in [0.2, 0.25) is 0 Å². The Hall–Kier alpha value is -3.06. The average molecular weight is 396 g/mol. The Bertz CT molecular complexity index is 787. The van der Waals surface area contributed by atoms with Crippen molar-refractivity contribution < 1.29 is 14.3 Å². The highest BCUT2D eigenvalue weighted by atomic mass is 16.5. The van der Waals surface area contributed by atoms with Crippen LogP contribution < -0.4 is 20.3 Å². The van der Waals surface area contributed by atoms with Gasteiger partial charge in [0.15, 0.2) is 0 Å². The zero-order chi connectivity index (χ0) is 20.5. The van der Waals surface area contributed by atoms with Crippen molar-refractivity contribution >= 4 is 23.2 Å². The maximum absolute atomic E-state index is 11.9. The highest BCUT2D eigenvalue weighted by molar-refractivity contribution is 6.39. The van der Waals surface area contributed by atoms with E-state index in [1.807, 2.05) is 30.3 Å². The topological polar surface area (TPSA) is 73.9 Å². The van der Waals surface area contributed by atoms with Gasteiger partial charge < -0.3 is 20.3 Å². The number of piperazine rings is 1. The van der Waals surface area contributed by atoms with E-state index in [4.69, 9.17) is 4.74 Å². The molecule has 0 unspecified atom stereocenters. The van der Waals surface area contributed by atoms with Gasteiger partial charge in [0.25, 0.3) is 0 Å². The van der Waals surface area contributed by atoms with Gasteiger partial charge in [-0.1, -0.05) is 18.2 Å². The molecule has 1 heterocycles. The monoisotopic (exact) mass is 396 g/mol. The van der Waals surface area contributed by atoms with E-state index in [0.717, 1.165) is 44.9 Å². The number of carbonyl (C=O) groups excluding carboxylic acids is 2. The normalized spacial score (nSPS) is 14.3. The third-order valence-electron chi connectivity index (χ3n) is 4.98. The molecule has 29 heavy (non-hydrogen) atoms. The lowest BCUT2D eigenvalue weighted by atomic mass is 10.2. The molecule has 1 aliphatic heterocycles. The van der Waals surface area contributed by atoms with Crippen LogP contribution in [0.1, 0.15) is 6.42 Å². The van der Waals surface area contributed by atoms with E-state index >= 15 is 0 Å². The molecule has 0 saturated carbocycles. The molecule has 0 atom stereocenters. The standard InChI is InChI=1S/C22H28N4O3/c1-29-20-10-8-19(9-11-20)26-16-14-25(15-17-26)13-5-12-23-21(27)22(28)24-18-6-3-2-4-7-18/h2-4,6-11H,5,12-17H2,1H3,(H,23,27)(H,24,28). The Kier molecular flexibility index (Phi) is 7.47. The molecule has 154 valence electrons. The lowest BCUT2D eigenvalue weighted by Gasteiger charge is -2.36. The Balaban J connectivity index is 1.31. The van der Waals surface area contributed by atoms with Gasteiger partial charge in [0.2, 0.25) is 0 Å². The number of hydrogen-bond donors (Lipinski definition) is 2. The molecule has 0 aliphatic carbocycles. The van der Waals surface area contributed by atoms with E-state index < -0.39 is 11.8 Å². The van der Waals surface area contributed by atoms with Crippen LogP contribution in [0.15, 0.2) is 54.6 Å². The van der Waals surface area contributed by atoms with Crippen molar-refractivity contribution in [1.29, 1.82) is 0 Å². The Labute approximate surface area is 171 Å². The van der Waals surface area contributed by atoms with Crippen LogP contribution >= 0.6 is 0 Å². The molecule has 1 fully saturated rings. The summed E-state index contributed by atoms with van der Waals surface area (Å²) in [6, 6.07) is 17.1. The van der Waals surface area contributed by atoms with Crippen LogP contribution in [-0.4, -0.2) is 63.1 Å². The van der Waals surface area contributed by atoms with E-state index in [9.17, 15) is 9.59 Å². The van der Waals surface area contributed by atoms with Crippen molar-refractivity contribution in [2.24, 2.45) is 0 Å². The summed E-state index contributed by atoms with van der Waals surface area (Å²) in [5, 5.41) is 5.27. The first-order valence-corrected chi connectivity index (χ1v) is 9.91. The zero-order valence-electron chi connectivity index (χ0n) is 16.8. The average Bonchev–Trinajstić information content (AvgIpc) is 2.77. The Morgan fingerprint density at radius 3 is 2.28 bits per heavy atom. The maximum atomic E-state index is 11.9. The SMILES string of the molecule is COc1ccc(N2CCN(CCCNC(=O)C(=O)Nc3ccccc3)CC2)cc1. The van der Waals surface area contributed by atoms with Gasteiger partial charge in [0.1, 0.15) is 5.75 Å². The molecular weight excluding hydrogens is 368 g/mol. The van der Waals surface area contributed by atoms with Gasteiger partial charge >= 0.3 is 11.8 Å². The van der Waals surface area contributed by atoms with Crippen LogP contribution in [0.4, 0.5) is 11.4 Å². The minimum atomic E-state index is -0.635. The summed E-state index contributed by atoms with van der Waals surface area (Å²) in [7, 11) is 1.67. The van der Waals surface area contributed by atoms with Gasteiger partial charge in [-0.2, -0.15) is 0 Å². The number of rotatable bonds is 7. The number of para-hydroxylation sites is 1. The van der Waals surface area contributed by atoms with Crippen molar-refractivity contribution in [3.05, 3.63) is 54.6 Å². The predicted octanol–water partition coefficient (Wildman–Crippen LogP) is 1.96. The number of carbonyl (C=O) groups is 2. The van der Waals surface area contributed by atoms with E-state index in [-0.39, 0.29) is 0 Å². The summed E-state index contributed by atoms with van der Waals surface area (Å²) in [6.07, 6.45) is 0.812. The van der Waals surface area contributed by atoms with E-state index in [0.29, 0.717) is 12.2 Å². The fourth-order valence-electron chi connectivity index (χ4n) is 3.32. The lowest BCUT2D eigenvalue weighted by Crippen LogP contribution is -2.47. The van der Waals surface area contributed by atoms with E-state index in [2.05, 4.69) is 32.6 Å². The summed E-state index contributed by atoms with van der Waals surface area (Å²) in [4.78, 5) is 28.5. The number of nitrogens with one attached hydrogen (secondary N) is 2. The number of ether oxygens (including phenoxy) is 1. The highest BCUT2D eigenvalue weighted by Gasteiger charge is 2.17. The molecule has 2 N–H and O–H groups in total. The molecule has 1 saturated heterocycles. The van der Waals surface area contributed by atoms with Crippen LogP contribution in [-0.2, 0) is 9.59 Å². The Morgan fingerprint density at radius 2 is 1.62 bits per heavy atom. The first-order chi connectivity index (χ1) is 14.2. The molecule has 2 aromatic rings. The van der Waals surface area contributed by atoms with Crippen LogP contribution in [0, 0.1) is 0 Å². The van der Waals surface area contributed by atoms with Gasteiger partial charge in [-0.25, -0.2) is 0 Å². The second-order valence-corrected chi connectivity index (χ2v) is 6.96. The summed E-state index contributed by atoms with van der Waals surface area (Å²) >= 11 is 0. The number of nitrogens with zero attached hydrogens (tertiary/aromatic N) is 2. The molecule has 2 aromatic carbocycles. The minimum absolute atomic E-state index is 0.486. The first kappa shape index (κ1) is 20.7. The molecule has 0 aromatic heterocycles. The van der Waals surface area contributed by atoms with E-state index in [1.54, 1.807) is 19.2 Å². The quantitative estimate of drug-likeness (QED) is 0.553. The van der Waals surface area contributed by atoms with Gasteiger partial charge in [-0.15, -0.1) is 0 Å². The predicted molar refractivity (Wildman–Crippen MR) is 114 cm³/mol. The third kappa shape index (κ3) is 6.22. The van der Waals surface area contributed by atoms with Crippen molar-refractivity contribution in [2.75, 3.05) is 56.6 Å². The lowest BCUT2D eigenvalue weighted by molar-refractivity contribution is -0.136. The second-order valence-electron chi connectivity index (χ2n) is 6.96. The molecular formula is C22H28N4O3. The molecule has 1 aliphatic rings. The summed E-state index contributed by atoms with van der Waals surface area (Å²) in [5.74, 6) is -0.366. The first-order valence-electron chi connectivity index (χ1n) is 9.91. The van der Waals surface area contributed by atoms with Crippen LogP contribution in [0.25, 0.3) is 0 Å². The van der Waals surface area contributed by atoms with Crippen molar-refractivity contribution in [3.63, 3.8) is 0 Å². The number of methoxy groups -OCH3 is 1. The smallest absolute Gasteiger partial charge is 0.313 e. The van der Waals surface area contributed by atoms with Gasteiger partial charge in [-0.3, -0.25) is 14.5 Å². The largest absolute Gasteiger partial charge is 0.497 e. The second kappa shape index (κ2) is 10.5. The highest BCUT2D eigenvalue weighted by Crippen LogP contribution is 2.20. The van der Waals surface area contributed by atoms with Crippen molar-refractivity contribution in [1.82, 2.24) is 10.2 Å². The van der Waals surface area contributed by atoms with Gasteiger partial charge in [0.05, 0.1) is 7.11 Å².